The zero-order chi connectivity index (χ0) is 99.3. The van der Waals surface area contributed by atoms with E-state index in [1.165, 1.54) is 25.7 Å². The summed E-state index contributed by atoms with van der Waals surface area (Å²) in [5.74, 6) is 3.67. The largest absolute Gasteiger partial charge is 0.494 e. The Hall–Kier alpha value is -16.3. The molecule has 11 N–H and O–H groups in total. The topological polar surface area (TPSA) is 408 Å². The van der Waals surface area contributed by atoms with Crippen LogP contribution in [0.2, 0.25) is 0 Å². The molecule has 0 fully saturated rings. The van der Waals surface area contributed by atoms with E-state index in [0.29, 0.717) is 135 Å². The number of aliphatic imine (C=N–C) groups is 5. The number of aromatic nitrogens is 10. The Labute approximate surface area is 808 Å². The zero-order valence-corrected chi connectivity index (χ0v) is 81.7. The van der Waals surface area contributed by atoms with Crippen molar-refractivity contribution in [3.8, 4) is 12.3 Å². The van der Waals surface area contributed by atoms with Gasteiger partial charge in [-0.05, 0) is 213 Å². The summed E-state index contributed by atoms with van der Waals surface area (Å²) in [7, 11) is 8.06. The fourth-order valence-electron chi connectivity index (χ4n) is 16.1. The van der Waals surface area contributed by atoms with E-state index in [2.05, 4.69) is 94.6 Å². The van der Waals surface area contributed by atoms with Crippen LogP contribution in [0.1, 0.15) is 249 Å². The average Bonchev–Trinajstić information content (AvgIpc) is 1.67. The molecule has 0 radical (unpaired) electrons. The van der Waals surface area contributed by atoms with Crippen molar-refractivity contribution < 1.29 is 71.7 Å². The van der Waals surface area contributed by atoms with E-state index in [0.717, 1.165) is 156 Å². The molecule has 0 unspecified atom stereocenters. The van der Waals surface area contributed by atoms with Crippen molar-refractivity contribution in [1.29, 1.82) is 0 Å². The molecular weight excluding hydrogens is 1760 g/mol. The van der Waals surface area contributed by atoms with Crippen molar-refractivity contribution in [3.63, 3.8) is 0 Å². The number of carbonyl (C=O) groups is 5. The lowest BCUT2D eigenvalue weighted by atomic mass is 10.1. The monoisotopic (exact) mass is 1880 g/mol. The highest BCUT2D eigenvalue weighted by Gasteiger charge is 2.30. The number of allylic oxidation sites excluding steroid dienone is 5. The van der Waals surface area contributed by atoms with Gasteiger partial charge in [0.05, 0.1) is 140 Å². The summed E-state index contributed by atoms with van der Waals surface area (Å²) in [4.78, 5) is 117. The highest BCUT2D eigenvalue weighted by molar-refractivity contribution is 6.14. The number of nitrogens with one attached hydrogen (secondary N) is 10. The first-order chi connectivity index (χ1) is 67.2. The van der Waals surface area contributed by atoms with E-state index in [1.807, 2.05) is 232 Å². The molecule has 5 aliphatic heterocycles. The van der Waals surface area contributed by atoms with Gasteiger partial charge in [-0.3, -0.25) is 0 Å². The Morgan fingerprint density at radius 3 is 0.849 bits per heavy atom. The van der Waals surface area contributed by atoms with Crippen molar-refractivity contribution in [1.82, 2.24) is 49.8 Å². The number of methoxy groups -OCH3 is 5. The summed E-state index contributed by atoms with van der Waals surface area (Å²) in [5.41, 5.74) is 27.2. The molecular formula is C109H121N15O15. The standard InChI is InChI=1S/C25H33N3O3.C24H23N3O3.C22H23N3O3.C21H25N3O3.C17H17N3O3/c1-5-6-7-8-9-10-14-31-25(29)24-17(2)20(27-18(24)3)15-22-23(30-4)16-21(28-22)19-12-11-13-26-19;1-15-19(12-21-22(29-3)13-20(27-21)18-10-7-11-25-18)26-16(2)23(15)24(28)30-14-17-8-5-4-6-9-17;1-5-6-7-11-28-22(26)21-14(2)17(24-15(21)3)12-19-20(27-4)13-18(25-19)16-9-8-10-23-16;1-5-6-10-27-21(25)20-13(2)16(23-14(20)3)11-18-19(26-4)12-17(24-18)15-8-7-9-22-15;1-9-12(19-10(2)16(9)17(21)22)7-14-15(23-3)8-13(20-14)11-5-4-6-18-11/h11-13,15-16,26-27H,5-10,14H2,1-4H3;4-13,25-26H,14H2,1-3H3;1,8-10,12-13,23-24H,6-7,11H2,2-4H3;7-9,11-12,22-23H,5-6,10H2,1-4H3;4-8,18-19H,1-3H3,(H,21,22)/b22-15-;21-12-;19-12-;18-11-;14-7-. The second-order valence-electron chi connectivity index (χ2n) is 33.1. The van der Waals surface area contributed by atoms with Gasteiger partial charge >= 0.3 is 29.8 Å². The van der Waals surface area contributed by atoms with Crippen LogP contribution in [0.25, 0.3) is 30.4 Å². The molecule has 722 valence electrons. The fraction of sp³-hybridized carbons (Fsp3) is 0.284. The van der Waals surface area contributed by atoms with Gasteiger partial charge in [0, 0.05) is 125 Å². The molecule has 0 bridgehead atoms. The van der Waals surface area contributed by atoms with E-state index in [1.54, 1.807) is 55.5 Å². The van der Waals surface area contributed by atoms with Gasteiger partial charge in [0.25, 0.3) is 0 Å². The quantitative estimate of drug-likeness (QED) is 0.00761. The number of unbranched alkanes of at least 4 members (excludes halogenated alkanes) is 7. The summed E-state index contributed by atoms with van der Waals surface area (Å²) >= 11 is 0. The van der Waals surface area contributed by atoms with Crippen LogP contribution in [0.15, 0.2) is 235 Å². The Morgan fingerprint density at radius 1 is 0.331 bits per heavy atom. The van der Waals surface area contributed by atoms with E-state index in [4.69, 9.17) is 49.1 Å². The van der Waals surface area contributed by atoms with E-state index in [-0.39, 0.29) is 30.5 Å². The second kappa shape index (κ2) is 48.7. The van der Waals surface area contributed by atoms with Crippen LogP contribution in [0.4, 0.5) is 0 Å². The van der Waals surface area contributed by atoms with Gasteiger partial charge < -0.3 is 97.6 Å². The fourth-order valence-corrected chi connectivity index (χ4v) is 16.1. The number of nitrogens with zero attached hydrogens (tertiary/aromatic N) is 5. The number of hydrogen-bond donors (Lipinski definition) is 11. The van der Waals surface area contributed by atoms with Crippen LogP contribution >= 0.6 is 0 Å². The van der Waals surface area contributed by atoms with Crippen molar-refractivity contribution in [2.45, 2.75) is 154 Å². The third-order valence-corrected chi connectivity index (χ3v) is 23.5. The van der Waals surface area contributed by atoms with Gasteiger partial charge in [0.1, 0.15) is 63.9 Å². The number of carboxylic acid groups (broad SMARTS) is 1. The molecule has 15 heterocycles. The molecule has 0 spiro atoms. The number of aromatic carboxylic acids is 1. The molecule has 1 aromatic carbocycles. The van der Waals surface area contributed by atoms with Crippen molar-refractivity contribution in [2.24, 2.45) is 25.0 Å². The van der Waals surface area contributed by atoms with Crippen LogP contribution in [0.5, 0.6) is 0 Å². The number of esters is 4. The molecule has 0 amide bonds. The summed E-state index contributed by atoms with van der Waals surface area (Å²) < 4.78 is 49.1. The molecule has 0 aliphatic carbocycles. The summed E-state index contributed by atoms with van der Waals surface area (Å²) in [6, 6.07) is 29.0. The van der Waals surface area contributed by atoms with Crippen molar-refractivity contribution >= 4 is 88.8 Å². The lowest BCUT2D eigenvalue weighted by Gasteiger charge is -2.06. The predicted octanol–water partition coefficient (Wildman–Crippen LogP) is 21.8. The first kappa shape index (κ1) is 102. The van der Waals surface area contributed by atoms with Crippen molar-refractivity contribution in [2.75, 3.05) is 55.4 Å². The van der Waals surface area contributed by atoms with Gasteiger partial charge in [-0.2, -0.15) is 0 Å². The maximum absolute atomic E-state index is 12.7. The molecule has 10 aromatic heterocycles. The van der Waals surface area contributed by atoms with Gasteiger partial charge in [-0.1, -0.05) is 82.7 Å². The molecule has 0 atom stereocenters. The van der Waals surface area contributed by atoms with E-state index >= 15 is 0 Å². The first-order valence-corrected chi connectivity index (χ1v) is 46.1. The van der Waals surface area contributed by atoms with Crippen LogP contribution in [0, 0.1) is 81.6 Å². The smallest absolute Gasteiger partial charge is 0.340 e. The lowest BCUT2D eigenvalue weighted by Crippen LogP contribution is -2.08. The first-order valence-electron chi connectivity index (χ1n) is 46.1. The number of ether oxygens (including phenoxy) is 9. The van der Waals surface area contributed by atoms with Gasteiger partial charge in [0.2, 0.25) is 0 Å². The third-order valence-electron chi connectivity index (χ3n) is 23.5. The summed E-state index contributed by atoms with van der Waals surface area (Å²) in [6.07, 6.45) is 43.3. The summed E-state index contributed by atoms with van der Waals surface area (Å²) in [5, 5.41) is 9.28. The third kappa shape index (κ3) is 25.5. The molecule has 16 rings (SSSR count). The molecule has 139 heavy (non-hydrogen) atoms. The Bertz CT molecular complexity index is 6770. The predicted molar refractivity (Wildman–Crippen MR) is 543 cm³/mol. The van der Waals surface area contributed by atoms with Crippen LogP contribution in [-0.2, 0) is 49.2 Å². The Morgan fingerprint density at radius 2 is 0.590 bits per heavy atom. The highest BCUT2D eigenvalue weighted by Crippen LogP contribution is 2.35. The number of rotatable bonds is 35. The van der Waals surface area contributed by atoms with E-state index in [9.17, 15) is 29.1 Å². The highest BCUT2D eigenvalue weighted by atomic mass is 16.5. The number of carbonyl (C=O) groups excluding carboxylic acids is 4. The lowest BCUT2D eigenvalue weighted by molar-refractivity contribution is 0.0466. The van der Waals surface area contributed by atoms with Crippen molar-refractivity contribution in [3.05, 3.63) is 356 Å². The number of benzene rings is 1. The Kier molecular flexibility index (Phi) is 35.6. The van der Waals surface area contributed by atoms with Crippen LogP contribution in [0.3, 0.4) is 0 Å². The molecule has 5 aliphatic rings. The molecule has 0 saturated heterocycles. The van der Waals surface area contributed by atoms with Crippen LogP contribution in [-0.4, -0.2) is 169 Å². The Balaban J connectivity index is 0.000000156. The number of aromatic amines is 10. The maximum atomic E-state index is 12.7. The van der Waals surface area contributed by atoms with Crippen LogP contribution < -0.4 is 0 Å². The normalized spacial score (nSPS) is 14.9. The number of carboxylic acids is 1. The molecule has 0 saturated carbocycles. The number of aryl methyl sites for hydroxylation is 5. The molecule has 11 aromatic rings. The zero-order valence-electron chi connectivity index (χ0n) is 81.7. The summed E-state index contributed by atoms with van der Waals surface area (Å²) in [6.45, 7) is 24.4. The molecule has 30 nitrogen and oxygen atoms in total. The number of terminal acetylenes is 1. The van der Waals surface area contributed by atoms with Gasteiger partial charge in [0.15, 0.2) is 0 Å². The molecule has 30 heteroatoms. The average molecular weight is 1880 g/mol. The maximum Gasteiger partial charge on any atom is 0.340 e. The minimum absolute atomic E-state index is 0.237. The van der Waals surface area contributed by atoms with Gasteiger partial charge in [-0.15, -0.1) is 12.3 Å². The van der Waals surface area contributed by atoms with Gasteiger partial charge in [-0.25, -0.2) is 48.9 Å². The second-order valence-corrected chi connectivity index (χ2v) is 33.1. The minimum Gasteiger partial charge on any atom is -0.494 e. The number of H-pyrrole nitrogens is 10. The number of hydrogen-bond acceptors (Lipinski definition) is 19. The minimum atomic E-state index is -0.939. The SMILES string of the molecule is C#CCCCOC(=O)c1c(C)[nH]c(/C=C2\N=C(c3ccc[nH]3)C=C2OC)c1C.CCCCCCCCOC(=O)c1c(C)[nH]c(/C=C2\N=C(c3ccc[nH]3)C=C2OC)c1C.CCCCOC(=O)c1c(C)[nH]c(/C=C2\N=C(c3ccc[nH]3)C=C2OC)c1C.COC1=CC(c2ccc[nH]2)=N/C1=C\c1[nH]c(C)c(C(=O)O)c1C.COC1=CC(c2ccc[nH]2)=N/C1=C\c1[nH]c(C)c(C(=O)OCc2ccccc2)c1C. The van der Waals surface area contributed by atoms with E-state index < -0.39 is 5.97 Å².